The summed E-state index contributed by atoms with van der Waals surface area (Å²) in [7, 11) is 1.89. The number of rotatable bonds is 5. The normalized spacial score (nSPS) is 14.5. The molecule has 2 aromatic heterocycles. The molecule has 2 heterocycles. The molecular weight excluding hydrogens is 290 g/mol. The highest BCUT2D eigenvalue weighted by atomic mass is 32.2. The zero-order chi connectivity index (χ0) is 14.9. The lowest BCUT2D eigenvalue weighted by Gasteiger charge is -2.13. The van der Waals surface area contributed by atoms with Crippen molar-refractivity contribution in [3.8, 4) is 0 Å². The number of nitrogens with zero attached hydrogens (tertiary/aromatic N) is 2. The molecule has 0 saturated carbocycles. The van der Waals surface area contributed by atoms with Crippen LogP contribution in [0.2, 0.25) is 0 Å². The number of thioether (sulfide) groups is 1. The van der Waals surface area contributed by atoms with Gasteiger partial charge < -0.3 is 10.4 Å². The summed E-state index contributed by atoms with van der Waals surface area (Å²) < 4.78 is 0. The molecule has 0 aromatic carbocycles. The summed E-state index contributed by atoms with van der Waals surface area (Å²) in [6.45, 7) is 8.06. The number of nitrogens with one attached hydrogen (secondary N) is 1. The van der Waals surface area contributed by atoms with Crippen molar-refractivity contribution in [2.45, 2.75) is 44.8 Å². The fourth-order valence-corrected chi connectivity index (χ4v) is 3.75. The number of hydrogen-bond donors (Lipinski definition) is 2. The number of aliphatic hydroxyl groups excluding tert-OH is 1. The van der Waals surface area contributed by atoms with E-state index in [9.17, 15) is 5.11 Å². The first-order valence-electron chi connectivity index (χ1n) is 6.68. The van der Waals surface area contributed by atoms with E-state index >= 15 is 0 Å². The topological polar surface area (TPSA) is 58.0 Å². The van der Waals surface area contributed by atoms with Crippen molar-refractivity contribution in [1.29, 1.82) is 0 Å². The number of aromatic nitrogens is 2. The fraction of sp³-hybridized carbons (Fsp3) is 0.571. The van der Waals surface area contributed by atoms with Crippen LogP contribution >= 0.6 is 23.1 Å². The molecule has 0 bridgehead atoms. The second kappa shape index (κ2) is 6.28. The molecule has 0 aliphatic rings. The van der Waals surface area contributed by atoms with Gasteiger partial charge in [0.15, 0.2) is 0 Å². The van der Waals surface area contributed by atoms with Gasteiger partial charge in [0.1, 0.15) is 16.5 Å². The Bertz CT molecular complexity index is 610. The van der Waals surface area contributed by atoms with Gasteiger partial charge in [0.05, 0.1) is 17.2 Å². The number of fused-ring (bicyclic) bond motifs is 1. The van der Waals surface area contributed by atoms with Crippen LogP contribution < -0.4 is 5.32 Å². The molecule has 20 heavy (non-hydrogen) atoms. The third-order valence-corrected chi connectivity index (χ3v) is 5.91. The van der Waals surface area contributed by atoms with Crippen molar-refractivity contribution < 1.29 is 5.11 Å². The van der Waals surface area contributed by atoms with E-state index < -0.39 is 0 Å². The minimum Gasteiger partial charge on any atom is -0.392 e. The quantitative estimate of drug-likeness (QED) is 0.887. The highest BCUT2D eigenvalue weighted by molar-refractivity contribution is 7.99. The highest BCUT2D eigenvalue weighted by Crippen LogP contribution is 2.33. The first-order chi connectivity index (χ1) is 9.43. The van der Waals surface area contributed by atoms with E-state index in [0.717, 1.165) is 21.9 Å². The van der Waals surface area contributed by atoms with Crippen LogP contribution in [0.4, 0.5) is 5.82 Å². The molecule has 2 N–H and O–H groups in total. The number of hydrogen-bond acceptors (Lipinski definition) is 6. The van der Waals surface area contributed by atoms with Crippen molar-refractivity contribution >= 4 is 39.1 Å². The van der Waals surface area contributed by atoms with E-state index in [1.807, 2.05) is 20.9 Å². The maximum Gasteiger partial charge on any atom is 0.142 e. The summed E-state index contributed by atoms with van der Waals surface area (Å²) in [4.78, 5) is 11.6. The molecule has 110 valence electrons. The summed E-state index contributed by atoms with van der Waals surface area (Å²) in [6, 6.07) is 0. The smallest absolute Gasteiger partial charge is 0.142 e. The van der Waals surface area contributed by atoms with Crippen molar-refractivity contribution in [2.75, 3.05) is 12.4 Å². The molecule has 6 heteroatoms. The summed E-state index contributed by atoms with van der Waals surface area (Å²) in [6.07, 6.45) is -0.321. The van der Waals surface area contributed by atoms with Crippen LogP contribution in [0.1, 0.15) is 30.1 Å². The van der Waals surface area contributed by atoms with Crippen LogP contribution in [0.15, 0.2) is 0 Å². The third kappa shape index (κ3) is 3.07. The fourth-order valence-electron chi connectivity index (χ4n) is 1.88. The molecule has 0 aliphatic carbocycles. The van der Waals surface area contributed by atoms with Crippen LogP contribution in [-0.4, -0.2) is 33.5 Å². The Hall–Kier alpha value is -0.850. The Morgan fingerprint density at radius 2 is 2.00 bits per heavy atom. The minimum absolute atomic E-state index is 0.180. The Morgan fingerprint density at radius 1 is 1.30 bits per heavy atom. The maximum atomic E-state index is 9.54. The number of anilines is 1. The first kappa shape index (κ1) is 15.5. The summed E-state index contributed by atoms with van der Waals surface area (Å²) in [5.74, 6) is 2.44. The van der Waals surface area contributed by atoms with E-state index in [2.05, 4.69) is 29.1 Å². The molecule has 4 nitrogen and oxygen atoms in total. The van der Waals surface area contributed by atoms with E-state index in [1.165, 1.54) is 10.4 Å². The van der Waals surface area contributed by atoms with E-state index in [-0.39, 0.29) is 11.4 Å². The van der Waals surface area contributed by atoms with Crippen LogP contribution in [-0.2, 0) is 5.75 Å². The molecule has 0 saturated heterocycles. The van der Waals surface area contributed by atoms with Crippen LogP contribution in [0, 0.1) is 13.8 Å². The molecule has 0 fully saturated rings. The Labute approximate surface area is 128 Å². The van der Waals surface area contributed by atoms with Gasteiger partial charge in [-0.05, 0) is 26.3 Å². The van der Waals surface area contributed by atoms with Gasteiger partial charge in [-0.1, -0.05) is 6.92 Å². The lowest BCUT2D eigenvalue weighted by molar-refractivity contribution is 0.196. The SMILES string of the molecule is CNc1nc(CSC(C)C(C)O)nc2sc(C)c(C)c12. The van der Waals surface area contributed by atoms with E-state index in [4.69, 9.17) is 0 Å². The van der Waals surface area contributed by atoms with Gasteiger partial charge in [-0.2, -0.15) is 0 Å². The minimum atomic E-state index is -0.321. The average Bonchev–Trinajstić information content (AvgIpc) is 2.70. The van der Waals surface area contributed by atoms with E-state index in [0.29, 0.717) is 5.75 Å². The molecule has 0 spiro atoms. The molecule has 0 radical (unpaired) electrons. The third-order valence-electron chi connectivity index (χ3n) is 3.47. The zero-order valence-corrected chi connectivity index (χ0v) is 14.2. The zero-order valence-electron chi connectivity index (χ0n) is 12.5. The van der Waals surface area contributed by atoms with Crippen LogP contribution in [0.5, 0.6) is 0 Å². The Kier molecular flexibility index (Phi) is 4.88. The van der Waals surface area contributed by atoms with Crippen molar-refractivity contribution in [3.05, 3.63) is 16.3 Å². The monoisotopic (exact) mass is 311 g/mol. The van der Waals surface area contributed by atoms with Gasteiger partial charge in [0.2, 0.25) is 0 Å². The molecule has 2 unspecified atom stereocenters. The number of aliphatic hydroxyl groups is 1. The van der Waals surface area contributed by atoms with Gasteiger partial charge >= 0.3 is 0 Å². The molecular formula is C14H21N3OS2. The average molecular weight is 311 g/mol. The van der Waals surface area contributed by atoms with Gasteiger partial charge in [0.25, 0.3) is 0 Å². The van der Waals surface area contributed by atoms with Crippen LogP contribution in [0.3, 0.4) is 0 Å². The number of aryl methyl sites for hydroxylation is 2. The highest BCUT2D eigenvalue weighted by Gasteiger charge is 2.15. The molecule has 0 aliphatic heterocycles. The molecule has 2 aromatic rings. The van der Waals surface area contributed by atoms with Crippen molar-refractivity contribution in [2.24, 2.45) is 0 Å². The predicted octanol–water partition coefficient (Wildman–Crippen LogP) is 3.35. The second-order valence-corrected chi connectivity index (χ2v) is 7.53. The largest absolute Gasteiger partial charge is 0.392 e. The molecule has 0 amide bonds. The lowest BCUT2D eigenvalue weighted by atomic mass is 10.2. The molecule has 2 rings (SSSR count). The Morgan fingerprint density at radius 3 is 2.60 bits per heavy atom. The van der Waals surface area contributed by atoms with E-state index in [1.54, 1.807) is 23.1 Å². The predicted molar refractivity (Wildman–Crippen MR) is 88.9 cm³/mol. The van der Waals surface area contributed by atoms with Gasteiger partial charge in [-0.3, -0.25) is 0 Å². The maximum absolute atomic E-state index is 9.54. The van der Waals surface area contributed by atoms with Gasteiger partial charge in [-0.15, -0.1) is 23.1 Å². The summed E-state index contributed by atoms with van der Waals surface area (Å²) in [5.41, 5.74) is 1.26. The lowest BCUT2D eigenvalue weighted by Crippen LogP contribution is -2.15. The Balaban J connectivity index is 2.32. The molecule has 2 atom stereocenters. The van der Waals surface area contributed by atoms with Crippen molar-refractivity contribution in [3.63, 3.8) is 0 Å². The first-order valence-corrected chi connectivity index (χ1v) is 8.54. The van der Waals surface area contributed by atoms with Crippen molar-refractivity contribution in [1.82, 2.24) is 9.97 Å². The summed E-state index contributed by atoms with van der Waals surface area (Å²) >= 11 is 3.39. The van der Waals surface area contributed by atoms with Gasteiger partial charge in [-0.25, -0.2) is 9.97 Å². The second-order valence-electron chi connectivity index (χ2n) is 4.96. The summed E-state index contributed by atoms with van der Waals surface area (Å²) in [5, 5.41) is 14.0. The number of thiophene rings is 1. The van der Waals surface area contributed by atoms with Crippen LogP contribution in [0.25, 0.3) is 10.2 Å². The van der Waals surface area contributed by atoms with Gasteiger partial charge in [0, 0.05) is 17.2 Å². The standard InChI is InChI=1S/C14H21N3OS2/c1-7-9(3)20-14-12(7)13(15-5)16-11(17-14)6-19-10(4)8(2)18/h8,10,18H,6H2,1-5H3,(H,15,16,17).